The number of pyridine rings is 1. The Morgan fingerprint density at radius 1 is 1.33 bits per heavy atom. The number of hydrogen-bond donors (Lipinski definition) is 3. The summed E-state index contributed by atoms with van der Waals surface area (Å²) >= 11 is 0. The third-order valence-electron chi connectivity index (χ3n) is 2.78. The van der Waals surface area contributed by atoms with Crippen molar-refractivity contribution in [1.82, 2.24) is 4.98 Å². The zero-order valence-corrected chi connectivity index (χ0v) is 11.9. The Bertz CT molecular complexity index is 806. The molecule has 0 aliphatic carbocycles. The van der Waals surface area contributed by atoms with E-state index in [1.54, 1.807) is 19.1 Å². The van der Waals surface area contributed by atoms with Crippen molar-refractivity contribution in [2.75, 3.05) is 4.72 Å². The fraction of sp³-hybridized carbons (Fsp3) is 0.0769. The van der Waals surface area contributed by atoms with Gasteiger partial charge in [-0.2, -0.15) is 0 Å². The third kappa shape index (κ3) is 3.34. The van der Waals surface area contributed by atoms with Crippen LogP contribution in [0.2, 0.25) is 0 Å². The maximum Gasteiger partial charge on any atom is 0.263 e. The van der Waals surface area contributed by atoms with Gasteiger partial charge in [-0.25, -0.2) is 12.8 Å². The Morgan fingerprint density at radius 3 is 2.67 bits per heavy atom. The lowest BCUT2D eigenvalue weighted by molar-refractivity contribution is 0.592. The molecule has 2 rings (SSSR count). The van der Waals surface area contributed by atoms with Crippen molar-refractivity contribution in [2.45, 2.75) is 11.8 Å². The molecule has 0 radical (unpaired) electrons. The molecule has 0 aliphatic rings. The molecular weight excluding hydrogens is 295 g/mol. The van der Waals surface area contributed by atoms with Crippen molar-refractivity contribution >= 4 is 21.5 Å². The molecule has 1 heterocycles. The van der Waals surface area contributed by atoms with E-state index in [-0.39, 0.29) is 16.4 Å². The number of aryl methyl sites for hydroxylation is 1. The first kappa shape index (κ1) is 14.9. The Labute approximate surface area is 121 Å². The summed E-state index contributed by atoms with van der Waals surface area (Å²) in [7, 11) is -3.96. The molecule has 1 aromatic carbocycles. The number of nitrogens with one attached hydrogen (secondary N) is 2. The minimum absolute atomic E-state index is 0.178. The van der Waals surface area contributed by atoms with Crippen LogP contribution in [0.5, 0.6) is 0 Å². The van der Waals surface area contributed by atoms with Crippen LogP contribution >= 0.6 is 0 Å². The smallest absolute Gasteiger partial charge is 0.263 e. The van der Waals surface area contributed by atoms with Gasteiger partial charge in [-0.05, 0) is 24.6 Å². The number of anilines is 1. The minimum Gasteiger partial charge on any atom is -0.384 e. The van der Waals surface area contributed by atoms with Gasteiger partial charge in [0.15, 0.2) is 0 Å². The highest BCUT2D eigenvalue weighted by Crippen LogP contribution is 2.21. The van der Waals surface area contributed by atoms with Crippen LogP contribution < -0.4 is 10.5 Å². The SMILES string of the molecule is Cc1ccc(C(=N)N)cc1NS(=O)(=O)c1cncc(F)c1. The van der Waals surface area contributed by atoms with Gasteiger partial charge in [-0.15, -0.1) is 0 Å². The largest absolute Gasteiger partial charge is 0.384 e. The van der Waals surface area contributed by atoms with Crippen LogP contribution in [0.4, 0.5) is 10.1 Å². The predicted molar refractivity (Wildman–Crippen MR) is 77.2 cm³/mol. The normalized spacial score (nSPS) is 11.1. The Hall–Kier alpha value is -2.48. The van der Waals surface area contributed by atoms with Crippen molar-refractivity contribution in [3.63, 3.8) is 0 Å². The zero-order valence-electron chi connectivity index (χ0n) is 11.1. The van der Waals surface area contributed by atoms with Gasteiger partial charge in [0, 0.05) is 11.8 Å². The lowest BCUT2D eigenvalue weighted by Crippen LogP contribution is -2.16. The van der Waals surface area contributed by atoms with Gasteiger partial charge in [0.1, 0.15) is 16.5 Å². The zero-order chi connectivity index (χ0) is 15.6. The first-order valence-electron chi connectivity index (χ1n) is 5.88. The van der Waals surface area contributed by atoms with Crippen molar-refractivity contribution in [2.24, 2.45) is 5.73 Å². The molecule has 2 aromatic rings. The average Bonchev–Trinajstić information content (AvgIpc) is 2.41. The number of rotatable bonds is 4. The molecule has 4 N–H and O–H groups in total. The van der Waals surface area contributed by atoms with E-state index >= 15 is 0 Å². The number of nitrogens with zero attached hydrogens (tertiary/aromatic N) is 1. The van der Waals surface area contributed by atoms with Crippen molar-refractivity contribution < 1.29 is 12.8 Å². The van der Waals surface area contributed by atoms with Crippen LogP contribution in [-0.4, -0.2) is 19.2 Å². The van der Waals surface area contributed by atoms with Crippen LogP contribution in [-0.2, 0) is 10.0 Å². The van der Waals surface area contributed by atoms with Gasteiger partial charge in [0.2, 0.25) is 0 Å². The highest BCUT2D eigenvalue weighted by molar-refractivity contribution is 7.92. The Kier molecular flexibility index (Phi) is 3.90. The molecule has 6 nitrogen and oxygen atoms in total. The second kappa shape index (κ2) is 5.49. The van der Waals surface area contributed by atoms with Crippen molar-refractivity contribution in [1.29, 1.82) is 5.41 Å². The first-order chi connectivity index (χ1) is 9.79. The molecule has 0 unspecified atom stereocenters. The number of benzene rings is 1. The molecule has 0 saturated heterocycles. The molecule has 0 saturated carbocycles. The summed E-state index contributed by atoms with van der Waals surface area (Å²) < 4.78 is 39.8. The second-order valence-electron chi connectivity index (χ2n) is 4.39. The topological polar surface area (TPSA) is 109 Å². The molecule has 0 spiro atoms. The van der Waals surface area contributed by atoms with Gasteiger partial charge in [-0.1, -0.05) is 12.1 Å². The summed E-state index contributed by atoms with van der Waals surface area (Å²) in [5.74, 6) is -0.921. The molecule has 0 amide bonds. The van der Waals surface area contributed by atoms with Crippen LogP contribution in [0, 0.1) is 18.2 Å². The molecule has 0 fully saturated rings. The van der Waals surface area contributed by atoms with E-state index in [0.29, 0.717) is 11.1 Å². The average molecular weight is 308 g/mol. The van der Waals surface area contributed by atoms with Crippen molar-refractivity contribution in [3.05, 3.63) is 53.6 Å². The van der Waals surface area contributed by atoms with E-state index in [1.807, 2.05) is 0 Å². The fourth-order valence-corrected chi connectivity index (χ4v) is 2.74. The summed E-state index contributed by atoms with van der Waals surface area (Å²) in [6, 6.07) is 5.57. The summed E-state index contributed by atoms with van der Waals surface area (Å²) in [4.78, 5) is 3.23. The molecule has 1 aromatic heterocycles. The van der Waals surface area contributed by atoms with Crippen LogP contribution in [0.15, 0.2) is 41.6 Å². The van der Waals surface area contributed by atoms with Gasteiger partial charge < -0.3 is 5.73 Å². The summed E-state index contributed by atoms with van der Waals surface area (Å²) in [6.45, 7) is 1.70. The summed E-state index contributed by atoms with van der Waals surface area (Å²) in [6.07, 6.45) is 1.97. The number of hydrogen-bond acceptors (Lipinski definition) is 4. The quantitative estimate of drug-likeness (QED) is 0.589. The summed E-state index contributed by atoms with van der Waals surface area (Å²) in [5, 5.41) is 7.37. The Balaban J connectivity index is 2.41. The standard InChI is InChI=1S/C13H13FN4O2S/c1-8-2-3-9(13(15)16)4-12(8)18-21(19,20)11-5-10(14)6-17-7-11/h2-7,18H,1H3,(H3,15,16). The number of aromatic nitrogens is 1. The number of nitrogen functional groups attached to an aromatic ring is 1. The molecule has 8 heteroatoms. The van der Waals surface area contributed by atoms with Gasteiger partial charge in [0.05, 0.1) is 11.9 Å². The molecule has 21 heavy (non-hydrogen) atoms. The molecule has 0 aliphatic heterocycles. The minimum atomic E-state index is -3.96. The number of amidine groups is 1. The van der Waals surface area contributed by atoms with E-state index < -0.39 is 15.8 Å². The maximum absolute atomic E-state index is 13.1. The fourth-order valence-electron chi connectivity index (χ4n) is 1.64. The highest BCUT2D eigenvalue weighted by atomic mass is 32.2. The highest BCUT2D eigenvalue weighted by Gasteiger charge is 2.17. The number of sulfonamides is 1. The lowest BCUT2D eigenvalue weighted by atomic mass is 10.1. The van der Waals surface area contributed by atoms with Gasteiger partial charge >= 0.3 is 0 Å². The van der Waals surface area contributed by atoms with E-state index in [1.165, 1.54) is 6.07 Å². The second-order valence-corrected chi connectivity index (χ2v) is 6.07. The lowest BCUT2D eigenvalue weighted by Gasteiger charge is -2.11. The molecule has 110 valence electrons. The summed E-state index contributed by atoms with van der Waals surface area (Å²) in [5.41, 5.74) is 6.68. The molecule has 0 atom stereocenters. The van der Waals surface area contributed by atoms with Crippen LogP contribution in [0.25, 0.3) is 0 Å². The van der Waals surface area contributed by atoms with Gasteiger partial charge in [0.25, 0.3) is 10.0 Å². The van der Waals surface area contributed by atoms with Crippen LogP contribution in [0.1, 0.15) is 11.1 Å². The van der Waals surface area contributed by atoms with E-state index in [9.17, 15) is 12.8 Å². The van der Waals surface area contributed by atoms with Crippen molar-refractivity contribution in [3.8, 4) is 0 Å². The molecular formula is C13H13FN4O2S. The predicted octanol–water partition coefficient (Wildman–Crippen LogP) is 1.61. The number of halogens is 1. The van der Waals surface area contributed by atoms with E-state index in [2.05, 4.69) is 9.71 Å². The Morgan fingerprint density at radius 2 is 2.05 bits per heavy atom. The first-order valence-corrected chi connectivity index (χ1v) is 7.36. The maximum atomic E-state index is 13.1. The monoisotopic (exact) mass is 308 g/mol. The van der Waals surface area contributed by atoms with Gasteiger partial charge in [-0.3, -0.25) is 15.1 Å². The van der Waals surface area contributed by atoms with Crippen LogP contribution in [0.3, 0.4) is 0 Å². The molecule has 0 bridgehead atoms. The number of nitrogens with two attached hydrogens (primary N) is 1. The third-order valence-corrected chi connectivity index (χ3v) is 4.12. The van der Waals surface area contributed by atoms with E-state index in [0.717, 1.165) is 18.5 Å². The van der Waals surface area contributed by atoms with E-state index in [4.69, 9.17) is 11.1 Å².